The molecular weight excluding hydrogens is 223 g/mol. The van der Waals surface area contributed by atoms with Gasteiger partial charge in [0.05, 0.1) is 11.2 Å². The predicted octanol–water partition coefficient (Wildman–Crippen LogP) is 3.02. The van der Waals surface area contributed by atoms with Crippen molar-refractivity contribution in [1.29, 1.82) is 0 Å². The van der Waals surface area contributed by atoms with Gasteiger partial charge in [0.1, 0.15) is 0 Å². The molecule has 0 saturated carbocycles. The van der Waals surface area contributed by atoms with E-state index in [2.05, 4.69) is 40.3 Å². The van der Waals surface area contributed by atoms with Gasteiger partial charge in [-0.25, -0.2) is 0 Å². The van der Waals surface area contributed by atoms with Gasteiger partial charge in [-0.15, -0.1) is 0 Å². The predicted molar refractivity (Wildman–Crippen MR) is 76.9 cm³/mol. The maximum absolute atomic E-state index is 6.08. The molecule has 0 aliphatic carbocycles. The Bertz CT molecular complexity index is 461. The molecule has 0 aromatic heterocycles. The summed E-state index contributed by atoms with van der Waals surface area (Å²) in [5.74, 6) is 0. The smallest absolute Gasteiger partial charge is 0.399 e. The summed E-state index contributed by atoms with van der Waals surface area (Å²) in [4.78, 5) is 0. The van der Waals surface area contributed by atoms with E-state index in [1.54, 1.807) is 0 Å². The van der Waals surface area contributed by atoms with Crippen molar-refractivity contribution in [3.8, 4) is 0 Å². The Morgan fingerprint density at radius 2 is 1.56 bits per heavy atom. The van der Waals surface area contributed by atoms with Crippen molar-refractivity contribution in [2.75, 3.05) is 0 Å². The molecule has 1 fully saturated rings. The lowest BCUT2D eigenvalue weighted by atomic mass is 9.74. The molecule has 1 aromatic carbocycles. The van der Waals surface area contributed by atoms with E-state index in [1.807, 2.05) is 25.1 Å². The zero-order chi connectivity index (χ0) is 13.6. The summed E-state index contributed by atoms with van der Waals surface area (Å²) >= 11 is 0. The first-order valence-electron chi connectivity index (χ1n) is 6.35. The second-order valence-electron chi connectivity index (χ2n) is 5.96. The molecule has 18 heavy (non-hydrogen) atoms. The van der Waals surface area contributed by atoms with Crippen molar-refractivity contribution in [3.05, 3.63) is 36.4 Å². The summed E-state index contributed by atoms with van der Waals surface area (Å²) in [5, 5.41) is 0. The van der Waals surface area contributed by atoms with Crippen molar-refractivity contribution in [3.63, 3.8) is 0 Å². The third-order valence-electron chi connectivity index (χ3n) is 3.93. The normalized spacial score (nSPS) is 21.1. The number of allylic oxidation sites excluding steroid dienone is 1. The van der Waals surface area contributed by atoms with Crippen molar-refractivity contribution < 1.29 is 9.31 Å². The van der Waals surface area contributed by atoms with Crippen LogP contribution in [0.4, 0.5) is 0 Å². The Kier molecular flexibility index (Phi) is 3.16. The van der Waals surface area contributed by atoms with Crippen LogP contribution < -0.4 is 5.46 Å². The molecule has 3 heteroatoms. The molecule has 0 amide bonds. The Morgan fingerprint density at radius 3 is 2.06 bits per heavy atom. The largest absolute Gasteiger partial charge is 0.495 e. The number of rotatable bonds is 2. The average Bonchev–Trinajstić information content (AvgIpc) is 2.48. The van der Waals surface area contributed by atoms with Gasteiger partial charge in [0.2, 0.25) is 0 Å². The first-order chi connectivity index (χ1) is 8.24. The van der Waals surface area contributed by atoms with Gasteiger partial charge in [-0.1, -0.05) is 36.4 Å². The molecule has 0 bridgehead atoms. The van der Waals surface area contributed by atoms with E-state index >= 15 is 0 Å². The van der Waals surface area contributed by atoms with Crippen LogP contribution in [0.25, 0.3) is 5.57 Å². The van der Waals surface area contributed by atoms with Gasteiger partial charge in [-0.05, 0) is 45.6 Å². The summed E-state index contributed by atoms with van der Waals surface area (Å²) in [7, 11) is -0.317. The SMILES string of the molecule is C=C(C)c1ccccc1B1OC(C)(C)C(C)(C)O1. The van der Waals surface area contributed by atoms with Crippen molar-refractivity contribution in [2.45, 2.75) is 45.8 Å². The summed E-state index contributed by atoms with van der Waals surface area (Å²) < 4.78 is 12.2. The van der Waals surface area contributed by atoms with Crippen LogP contribution in [0.5, 0.6) is 0 Å². The third kappa shape index (κ3) is 2.13. The van der Waals surface area contributed by atoms with Gasteiger partial charge >= 0.3 is 7.12 Å². The van der Waals surface area contributed by atoms with Gasteiger partial charge in [-0.2, -0.15) is 0 Å². The Morgan fingerprint density at radius 1 is 1.06 bits per heavy atom. The number of benzene rings is 1. The fraction of sp³-hybridized carbons (Fsp3) is 0.467. The quantitative estimate of drug-likeness (QED) is 0.744. The highest BCUT2D eigenvalue weighted by molar-refractivity contribution is 6.63. The lowest BCUT2D eigenvalue weighted by Crippen LogP contribution is -2.41. The first kappa shape index (κ1) is 13.4. The van der Waals surface area contributed by atoms with Gasteiger partial charge in [0.15, 0.2) is 0 Å². The molecule has 0 atom stereocenters. The van der Waals surface area contributed by atoms with Crippen LogP contribution in [0.15, 0.2) is 30.8 Å². The summed E-state index contributed by atoms with van der Waals surface area (Å²) in [6, 6.07) is 8.13. The van der Waals surface area contributed by atoms with Crippen molar-refractivity contribution in [2.24, 2.45) is 0 Å². The van der Waals surface area contributed by atoms with E-state index in [1.165, 1.54) is 0 Å². The molecule has 0 radical (unpaired) electrons. The van der Waals surface area contributed by atoms with Crippen LogP contribution >= 0.6 is 0 Å². The standard InChI is InChI=1S/C15H21BO2/c1-11(2)12-9-7-8-10-13(12)16-17-14(3,4)15(5,6)18-16/h7-10H,1H2,2-6H3. The van der Waals surface area contributed by atoms with Crippen molar-refractivity contribution in [1.82, 2.24) is 0 Å². The van der Waals surface area contributed by atoms with Crippen LogP contribution in [0.3, 0.4) is 0 Å². The Balaban J connectivity index is 2.38. The van der Waals surface area contributed by atoms with Crippen LogP contribution in [0, 0.1) is 0 Å². The lowest BCUT2D eigenvalue weighted by molar-refractivity contribution is 0.00578. The van der Waals surface area contributed by atoms with Gasteiger partial charge in [0, 0.05) is 0 Å². The highest BCUT2D eigenvalue weighted by Gasteiger charge is 2.52. The minimum Gasteiger partial charge on any atom is -0.399 e. The Hall–Kier alpha value is -1.06. The number of hydrogen-bond acceptors (Lipinski definition) is 2. The molecular formula is C15H21BO2. The first-order valence-corrected chi connectivity index (χ1v) is 6.35. The van der Waals surface area contributed by atoms with Gasteiger partial charge in [0.25, 0.3) is 0 Å². The van der Waals surface area contributed by atoms with Gasteiger partial charge < -0.3 is 9.31 Å². The molecule has 1 aliphatic rings. The highest BCUT2D eigenvalue weighted by Crippen LogP contribution is 2.36. The molecule has 0 N–H and O–H groups in total. The second-order valence-corrected chi connectivity index (χ2v) is 5.96. The van der Waals surface area contributed by atoms with E-state index in [9.17, 15) is 0 Å². The maximum atomic E-state index is 6.08. The summed E-state index contributed by atoms with van der Waals surface area (Å²) in [6.07, 6.45) is 0. The zero-order valence-electron chi connectivity index (χ0n) is 11.9. The Labute approximate surface area is 110 Å². The monoisotopic (exact) mass is 244 g/mol. The van der Waals surface area contributed by atoms with E-state index < -0.39 is 0 Å². The third-order valence-corrected chi connectivity index (χ3v) is 3.93. The minimum absolute atomic E-state index is 0.306. The van der Waals surface area contributed by atoms with Crippen molar-refractivity contribution >= 4 is 18.2 Å². The van der Waals surface area contributed by atoms with Crippen LogP contribution in [0.2, 0.25) is 0 Å². The van der Waals surface area contributed by atoms with E-state index in [4.69, 9.17) is 9.31 Å². The van der Waals surface area contributed by atoms with E-state index in [-0.39, 0.29) is 18.3 Å². The molecule has 1 saturated heterocycles. The molecule has 0 spiro atoms. The molecule has 0 unspecified atom stereocenters. The van der Waals surface area contributed by atoms with Crippen LogP contribution in [0.1, 0.15) is 40.2 Å². The van der Waals surface area contributed by atoms with E-state index in [0.717, 1.165) is 16.6 Å². The summed E-state index contributed by atoms with van der Waals surface area (Å²) in [5.41, 5.74) is 2.58. The fourth-order valence-corrected chi connectivity index (χ4v) is 2.06. The highest BCUT2D eigenvalue weighted by atomic mass is 16.7. The van der Waals surface area contributed by atoms with Crippen LogP contribution in [-0.2, 0) is 9.31 Å². The maximum Gasteiger partial charge on any atom is 0.495 e. The molecule has 2 rings (SSSR count). The molecule has 1 aromatic rings. The molecule has 96 valence electrons. The second kappa shape index (κ2) is 4.25. The van der Waals surface area contributed by atoms with Crippen LogP contribution in [-0.4, -0.2) is 18.3 Å². The number of hydrogen-bond donors (Lipinski definition) is 0. The molecule has 1 aliphatic heterocycles. The molecule has 1 heterocycles. The lowest BCUT2D eigenvalue weighted by Gasteiger charge is -2.32. The fourth-order valence-electron chi connectivity index (χ4n) is 2.06. The summed E-state index contributed by atoms with van der Waals surface area (Å²) in [6.45, 7) is 14.3. The topological polar surface area (TPSA) is 18.5 Å². The van der Waals surface area contributed by atoms with E-state index in [0.29, 0.717) is 0 Å². The zero-order valence-corrected chi connectivity index (χ0v) is 11.9. The minimum atomic E-state index is -0.317. The average molecular weight is 244 g/mol. The molecule has 2 nitrogen and oxygen atoms in total. The van der Waals surface area contributed by atoms with Gasteiger partial charge in [-0.3, -0.25) is 0 Å².